The maximum absolute atomic E-state index is 4.39. The summed E-state index contributed by atoms with van der Waals surface area (Å²) in [7, 11) is 0. The molecule has 0 amide bonds. The molecule has 1 aromatic carbocycles. The molecule has 0 spiro atoms. The van der Waals surface area contributed by atoms with Crippen LogP contribution in [0.3, 0.4) is 0 Å². The number of aromatic nitrogens is 1. The number of hydrogen-bond donors (Lipinski definition) is 0. The molecular formula is C19H23BN2S. The minimum Gasteiger partial charge on any atom is -0.373 e. The summed E-state index contributed by atoms with van der Waals surface area (Å²) in [6.07, 6.45) is 7.70. The number of rotatable bonds is 5. The summed E-state index contributed by atoms with van der Waals surface area (Å²) < 4.78 is 0. The molecule has 0 N–H and O–H groups in total. The van der Waals surface area contributed by atoms with Crippen LogP contribution in [0.1, 0.15) is 18.9 Å². The van der Waals surface area contributed by atoms with Crippen LogP contribution in [0.15, 0.2) is 54.5 Å². The van der Waals surface area contributed by atoms with Crippen LogP contribution in [0.4, 0.5) is 0 Å². The van der Waals surface area contributed by atoms with E-state index in [2.05, 4.69) is 59.7 Å². The maximum atomic E-state index is 4.39. The fourth-order valence-corrected chi connectivity index (χ4v) is 3.79. The molecule has 4 heteroatoms. The van der Waals surface area contributed by atoms with Crippen LogP contribution in [0.5, 0.6) is 0 Å². The number of benzene rings is 1. The first-order valence-electron chi connectivity index (χ1n) is 8.39. The van der Waals surface area contributed by atoms with Crippen molar-refractivity contribution in [3.05, 3.63) is 60.0 Å². The predicted molar refractivity (Wildman–Crippen MR) is 103 cm³/mol. The highest BCUT2D eigenvalue weighted by atomic mass is 32.1. The molecule has 2 heterocycles. The van der Waals surface area contributed by atoms with Crippen LogP contribution in [0, 0.1) is 0 Å². The smallest absolute Gasteiger partial charge is 0.169 e. The molecular weight excluding hydrogens is 299 g/mol. The molecule has 1 aliphatic heterocycles. The predicted octanol–water partition coefficient (Wildman–Crippen LogP) is 5.10. The van der Waals surface area contributed by atoms with Crippen molar-refractivity contribution in [3.8, 4) is 10.6 Å². The molecule has 1 aromatic heterocycles. The second kappa shape index (κ2) is 7.65. The van der Waals surface area contributed by atoms with Gasteiger partial charge in [0.15, 0.2) is 6.71 Å². The molecule has 3 rings (SSSR count). The lowest BCUT2D eigenvalue weighted by molar-refractivity contribution is 0.423. The van der Waals surface area contributed by atoms with Gasteiger partial charge in [0.05, 0.1) is 0 Å². The van der Waals surface area contributed by atoms with Gasteiger partial charge in [-0.2, -0.15) is 0 Å². The monoisotopic (exact) mass is 322 g/mol. The number of nitrogens with zero attached hydrogens (tertiary/aromatic N) is 2. The zero-order valence-electron chi connectivity index (χ0n) is 13.7. The lowest BCUT2D eigenvalue weighted by Gasteiger charge is -2.33. The Labute approximate surface area is 143 Å². The second-order valence-corrected chi connectivity index (χ2v) is 6.87. The highest BCUT2D eigenvalue weighted by Crippen LogP contribution is 2.28. The second-order valence-electron chi connectivity index (χ2n) is 5.97. The Balaban J connectivity index is 1.79. The third-order valence-corrected chi connectivity index (χ3v) is 5.29. The molecule has 0 aliphatic carbocycles. The lowest BCUT2D eigenvalue weighted by Crippen LogP contribution is -2.35. The average molecular weight is 322 g/mol. The van der Waals surface area contributed by atoms with Crippen molar-refractivity contribution in [2.45, 2.75) is 26.0 Å². The minimum atomic E-state index is 0.682. The Morgan fingerprint density at radius 3 is 2.61 bits per heavy atom. The molecule has 0 saturated carbocycles. The molecule has 23 heavy (non-hydrogen) atoms. The van der Waals surface area contributed by atoms with E-state index in [0.29, 0.717) is 6.71 Å². The van der Waals surface area contributed by atoms with E-state index in [1.54, 1.807) is 11.3 Å². The standard InChI is InChI=1S/C19H23BN2S/c1-3-5-18(22-13-10-20(4-2)11-14-22)16-6-8-17(9-7-16)19-21-12-15-23-19/h4-9,12,15H,2-3,10-11,13-14H2,1H3/b18-5+. The topological polar surface area (TPSA) is 16.1 Å². The molecule has 1 saturated heterocycles. The van der Waals surface area contributed by atoms with E-state index in [-0.39, 0.29) is 0 Å². The molecule has 0 unspecified atom stereocenters. The quantitative estimate of drug-likeness (QED) is 0.712. The van der Waals surface area contributed by atoms with Crippen LogP contribution < -0.4 is 0 Å². The Morgan fingerprint density at radius 2 is 2.04 bits per heavy atom. The summed E-state index contributed by atoms with van der Waals surface area (Å²) >= 11 is 1.69. The molecule has 2 aromatic rings. The van der Waals surface area contributed by atoms with Gasteiger partial charge in [0.2, 0.25) is 0 Å². The fourth-order valence-electron chi connectivity index (χ4n) is 3.15. The van der Waals surface area contributed by atoms with Crippen LogP contribution in [-0.4, -0.2) is 29.7 Å². The van der Waals surface area contributed by atoms with Crippen LogP contribution in [-0.2, 0) is 0 Å². The van der Waals surface area contributed by atoms with E-state index in [4.69, 9.17) is 0 Å². The lowest BCUT2D eigenvalue weighted by atomic mass is 9.44. The van der Waals surface area contributed by atoms with Crippen LogP contribution >= 0.6 is 11.3 Å². The largest absolute Gasteiger partial charge is 0.373 e. The first-order valence-corrected chi connectivity index (χ1v) is 9.27. The van der Waals surface area contributed by atoms with E-state index < -0.39 is 0 Å². The highest BCUT2D eigenvalue weighted by molar-refractivity contribution is 7.13. The van der Waals surface area contributed by atoms with E-state index in [1.807, 2.05) is 11.6 Å². The van der Waals surface area contributed by atoms with Gasteiger partial charge in [-0.05, 0) is 12.0 Å². The average Bonchev–Trinajstić information content (AvgIpc) is 3.15. The first-order chi connectivity index (χ1) is 11.3. The molecule has 0 atom stereocenters. The third-order valence-electron chi connectivity index (χ3n) is 4.47. The van der Waals surface area contributed by atoms with Crippen molar-refractivity contribution in [1.82, 2.24) is 9.88 Å². The normalized spacial score (nSPS) is 15.8. The number of allylic oxidation sites excluding steroid dienone is 1. The number of hydrogen-bond acceptors (Lipinski definition) is 3. The third kappa shape index (κ3) is 3.76. The molecule has 1 fully saturated rings. The van der Waals surface area contributed by atoms with E-state index in [9.17, 15) is 0 Å². The van der Waals surface area contributed by atoms with Gasteiger partial charge in [0, 0.05) is 35.9 Å². The van der Waals surface area contributed by atoms with Crippen LogP contribution in [0.25, 0.3) is 16.3 Å². The maximum Gasteiger partial charge on any atom is 0.169 e. The molecule has 118 valence electrons. The molecule has 0 radical (unpaired) electrons. The summed E-state index contributed by atoms with van der Waals surface area (Å²) in [6, 6.07) is 8.85. The van der Waals surface area contributed by atoms with Gasteiger partial charge in [-0.1, -0.05) is 49.9 Å². The highest BCUT2D eigenvalue weighted by Gasteiger charge is 2.21. The summed E-state index contributed by atoms with van der Waals surface area (Å²) in [5.41, 5.74) is 3.88. The zero-order chi connectivity index (χ0) is 16.1. The van der Waals surface area contributed by atoms with E-state index in [0.717, 1.165) is 24.5 Å². The van der Waals surface area contributed by atoms with E-state index >= 15 is 0 Å². The summed E-state index contributed by atoms with van der Waals surface area (Å²) in [5.74, 6) is 2.11. The van der Waals surface area contributed by atoms with Crippen molar-refractivity contribution in [2.75, 3.05) is 13.1 Å². The molecule has 2 nitrogen and oxygen atoms in total. The van der Waals surface area contributed by atoms with Crippen molar-refractivity contribution in [2.24, 2.45) is 0 Å². The van der Waals surface area contributed by atoms with Gasteiger partial charge in [0.1, 0.15) is 5.01 Å². The Kier molecular flexibility index (Phi) is 5.34. The first kappa shape index (κ1) is 16.1. The zero-order valence-corrected chi connectivity index (χ0v) is 14.6. The van der Waals surface area contributed by atoms with Gasteiger partial charge in [0.25, 0.3) is 0 Å². The van der Waals surface area contributed by atoms with Gasteiger partial charge in [-0.25, -0.2) is 4.98 Å². The van der Waals surface area contributed by atoms with Crippen molar-refractivity contribution in [1.29, 1.82) is 0 Å². The number of thiazole rings is 1. The van der Waals surface area contributed by atoms with Crippen LogP contribution in [0.2, 0.25) is 12.6 Å². The van der Waals surface area contributed by atoms with E-state index in [1.165, 1.54) is 29.5 Å². The molecule has 1 aliphatic rings. The van der Waals surface area contributed by atoms with Gasteiger partial charge >= 0.3 is 0 Å². The summed E-state index contributed by atoms with van der Waals surface area (Å²) in [4.78, 5) is 6.92. The van der Waals surface area contributed by atoms with Gasteiger partial charge in [-0.3, -0.25) is 0 Å². The van der Waals surface area contributed by atoms with Gasteiger partial charge < -0.3 is 4.90 Å². The molecule has 0 bridgehead atoms. The summed E-state index contributed by atoms with van der Waals surface area (Å²) in [5, 5.41) is 3.11. The van der Waals surface area contributed by atoms with Gasteiger partial charge in [-0.15, -0.1) is 23.9 Å². The Morgan fingerprint density at radius 1 is 1.30 bits per heavy atom. The Bertz CT molecular complexity index is 653. The van der Waals surface area contributed by atoms with Crippen molar-refractivity contribution < 1.29 is 0 Å². The summed E-state index contributed by atoms with van der Waals surface area (Å²) in [6.45, 7) is 9.08. The van der Waals surface area contributed by atoms with Crippen molar-refractivity contribution >= 4 is 23.7 Å². The van der Waals surface area contributed by atoms with Crippen molar-refractivity contribution in [3.63, 3.8) is 0 Å². The Hall–Kier alpha value is -1.81. The SMILES string of the molecule is C=CB1CCN(/C(=C/CC)c2ccc(-c3nccs3)cc2)CC1. The minimum absolute atomic E-state index is 0.682. The fraction of sp³-hybridized carbons (Fsp3) is 0.316.